The molecule has 1 aromatic heterocycles. The molecule has 8 heteroatoms. The van der Waals surface area contributed by atoms with Crippen molar-refractivity contribution in [2.45, 2.75) is 53.2 Å². The van der Waals surface area contributed by atoms with Gasteiger partial charge in [0.05, 0.1) is 41.2 Å². The van der Waals surface area contributed by atoms with Crippen LogP contribution in [-0.4, -0.2) is 29.9 Å². The molecule has 1 aliphatic rings. The number of esters is 1. The van der Waals surface area contributed by atoms with Gasteiger partial charge in [-0.25, -0.2) is 9.79 Å². The fourth-order valence-corrected chi connectivity index (χ4v) is 5.18. The van der Waals surface area contributed by atoms with Gasteiger partial charge < -0.3 is 14.2 Å². The van der Waals surface area contributed by atoms with Gasteiger partial charge in [-0.2, -0.15) is 0 Å². The lowest BCUT2D eigenvalue weighted by atomic mass is 9.96. The molecule has 37 heavy (non-hydrogen) atoms. The predicted molar refractivity (Wildman–Crippen MR) is 145 cm³/mol. The number of carbonyl (C=O) groups excluding carboxylic acids is 1. The van der Waals surface area contributed by atoms with Gasteiger partial charge in [0.15, 0.2) is 4.80 Å². The number of thiazole rings is 1. The van der Waals surface area contributed by atoms with Crippen LogP contribution in [0.2, 0.25) is 0 Å². The average molecular weight is 521 g/mol. The molecule has 0 N–H and O–H groups in total. The van der Waals surface area contributed by atoms with Crippen LogP contribution in [0, 0.1) is 0 Å². The number of nitrogens with zero attached hydrogens (tertiary/aromatic N) is 2. The number of rotatable bonds is 9. The van der Waals surface area contributed by atoms with Gasteiger partial charge in [0.1, 0.15) is 11.5 Å². The summed E-state index contributed by atoms with van der Waals surface area (Å²) in [5.74, 6) is 1.03. The van der Waals surface area contributed by atoms with E-state index < -0.39 is 12.0 Å². The zero-order chi connectivity index (χ0) is 26.5. The highest BCUT2D eigenvalue weighted by molar-refractivity contribution is 7.07. The molecule has 4 rings (SSSR count). The highest BCUT2D eigenvalue weighted by atomic mass is 32.1. The molecule has 0 saturated carbocycles. The summed E-state index contributed by atoms with van der Waals surface area (Å²) < 4.78 is 18.9. The zero-order valence-corrected chi connectivity index (χ0v) is 22.6. The van der Waals surface area contributed by atoms with Crippen molar-refractivity contribution in [3.05, 3.63) is 90.6 Å². The van der Waals surface area contributed by atoms with E-state index in [-0.39, 0.29) is 18.3 Å². The van der Waals surface area contributed by atoms with Crippen LogP contribution in [0.5, 0.6) is 11.5 Å². The van der Waals surface area contributed by atoms with Crippen LogP contribution in [0.15, 0.2) is 69.6 Å². The van der Waals surface area contributed by atoms with Crippen LogP contribution >= 0.6 is 11.3 Å². The second-order valence-electron chi connectivity index (χ2n) is 8.71. The number of carbonyl (C=O) groups is 1. The van der Waals surface area contributed by atoms with Crippen molar-refractivity contribution in [2.75, 3.05) is 13.2 Å². The standard InChI is InChI=1S/C29H32N2O5S/c1-6-18(4)36-23-13-9-20(10-14-23)17-24-27(32)31-26(21-11-15-22(16-12-21)34-7-2)25(28(33)35-8-3)19(5)30-29(31)37-24/h9-18,26H,6-8H2,1-5H3/b24-17+/t18-,26+/m0/s1. The lowest BCUT2D eigenvalue weighted by molar-refractivity contribution is -0.139. The largest absolute Gasteiger partial charge is 0.494 e. The quantitative estimate of drug-likeness (QED) is 0.392. The Morgan fingerprint density at radius 1 is 1.05 bits per heavy atom. The number of hydrogen-bond donors (Lipinski definition) is 0. The van der Waals surface area contributed by atoms with Gasteiger partial charge in [-0.15, -0.1) is 0 Å². The van der Waals surface area contributed by atoms with Crippen molar-refractivity contribution >= 4 is 23.4 Å². The highest BCUT2D eigenvalue weighted by Gasteiger charge is 2.33. The first-order valence-electron chi connectivity index (χ1n) is 12.5. The Balaban J connectivity index is 1.80. The third kappa shape index (κ3) is 5.69. The van der Waals surface area contributed by atoms with Gasteiger partial charge in [0.25, 0.3) is 5.56 Å². The minimum atomic E-state index is -0.653. The number of allylic oxidation sites excluding steroid dienone is 1. The van der Waals surface area contributed by atoms with Crippen LogP contribution in [0.25, 0.3) is 6.08 Å². The summed E-state index contributed by atoms with van der Waals surface area (Å²) in [6, 6.07) is 14.4. The molecule has 0 radical (unpaired) electrons. The van der Waals surface area contributed by atoms with E-state index in [1.54, 1.807) is 18.4 Å². The number of aromatic nitrogens is 1. The maximum absolute atomic E-state index is 13.7. The lowest BCUT2D eigenvalue weighted by Gasteiger charge is -2.24. The molecule has 2 heterocycles. The van der Waals surface area contributed by atoms with Crippen molar-refractivity contribution in [1.82, 2.24) is 4.57 Å². The van der Waals surface area contributed by atoms with Gasteiger partial charge in [0.2, 0.25) is 0 Å². The van der Waals surface area contributed by atoms with E-state index in [1.165, 1.54) is 11.3 Å². The van der Waals surface area contributed by atoms with Gasteiger partial charge in [0, 0.05) is 0 Å². The molecule has 0 bridgehead atoms. The Kier molecular flexibility index (Phi) is 8.28. The van der Waals surface area contributed by atoms with Crippen LogP contribution in [-0.2, 0) is 9.53 Å². The molecule has 0 amide bonds. The minimum absolute atomic E-state index is 0.133. The number of fused-ring (bicyclic) bond motifs is 1. The van der Waals surface area contributed by atoms with E-state index in [2.05, 4.69) is 11.9 Å². The van der Waals surface area contributed by atoms with Gasteiger partial charge in [-0.3, -0.25) is 9.36 Å². The summed E-state index contributed by atoms with van der Waals surface area (Å²) >= 11 is 1.30. The van der Waals surface area contributed by atoms with Crippen molar-refractivity contribution in [3.8, 4) is 11.5 Å². The summed E-state index contributed by atoms with van der Waals surface area (Å²) in [7, 11) is 0. The average Bonchev–Trinajstić information content (AvgIpc) is 3.19. The molecular formula is C29H32N2O5S. The van der Waals surface area contributed by atoms with E-state index in [0.29, 0.717) is 27.2 Å². The summed E-state index contributed by atoms with van der Waals surface area (Å²) in [6.07, 6.45) is 2.90. The van der Waals surface area contributed by atoms with E-state index in [1.807, 2.05) is 68.5 Å². The normalized spacial score (nSPS) is 16.1. The first-order chi connectivity index (χ1) is 17.9. The fourth-order valence-electron chi connectivity index (χ4n) is 4.13. The maximum atomic E-state index is 13.7. The molecule has 0 unspecified atom stereocenters. The smallest absolute Gasteiger partial charge is 0.338 e. The van der Waals surface area contributed by atoms with E-state index >= 15 is 0 Å². The molecular weight excluding hydrogens is 488 g/mol. The summed E-state index contributed by atoms with van der Waals surface area (Å²) in [4.78, 5) is 31.9. The van der Waals surface area contributed by atoms with Crippen LogP contribution in [0.4, 0.5) is 0 Å². The topological polar surface area (TPSA) is 79.1 Å². The Morgan fingerprint density at radius 3 is 2.35 bits per heavy atom. The van der Waals surface area contributed by atoms with E-state index in [9.17, 15) is 9.59 Å². The Hall–Kier alpha value is -3.65. The molecule has 194 valence electrons. The molecule has 0 saturated heterocycles. The van der Waals surface area contributed by atoms with Gasteiger partial charge in [-0.05, 0) is 75.6 Å². The predicted octanol–water partition coefficient (Wildman–Crippen LogP) is 4.37. The molecule has 1 aliphatic heterocycles. The Labute approximate surface area is 220 Å². The molecule has 3 aromatic rings. The Morgan fingerprint density at radius 2 is 1.73 bits per heavy atom. The number of ether oxygens (including phenoxy) is 3. The van der Waals surface area contributed by atoms with Crippen molar-refractivity contribution < 1.29 is 19.0 Å². The first kappa shape index (κ1) is 26.4. The molecule has 2 atom stereocenters. The zero-order valence-electron chi connectivity index (χ0n) is 21.8. The van der Waals surface area contributed by atoms with Crippen molar-refractivity contribution in [1.29, 1.82) is 0 Å². The van der Waals surface area contributed by atoms with Crippen LogP contribution in [0.1, 0.15) is 58.2 Å². The highest BCUT2D eigenvalue weighted by Crippen LogP contribution is 2.31. The van der Waals surface area contributed by atoms with Gasteiger partial charge in [-0.1, -0.05) is 42.5 Å². The van der Waals surface area contributed by atoms with Crippen molar-refractivity contribution in [3.63, 3.8) is 0 Å². The molecule has 0 fully saturated rings. The number of hydrogen-bond acceptors (Lipinski definition) is 7. The third-order valence-electron chi connectivity index (χ3n) is 6.11. The molecule has 0 aliphatic carbocycles. The van der Waals surface area contributed by atoms with Crippen LogP contribution in [0.3, 0.4) is 0 Å². The van der Waals surface area contributed by atoms with E-state index in [4.69, 9.17) is 14.2 Å². The summed E-state index contributed by atoms with van der Waals surface area (Å²) in [6.45, 7) is 10.3. The number of benzene rings is 2. The lowest BCUT2D eigenvalue weighted by Crippen LogP contribution is -2.39. The first-order valence-corrected chi connectivity index (χ1v) is 13.4. The molecule has 2 aromatic carbocycles. The maximum Gasteiger partial charge on any atom is 0.338 e. The molecule has 7 nitrogen and oxygen atoms in total. The molecule has 0 spiro atoms. The second-order valence-corrected chi connectivity index (χ2v) is 9.72. The third-order valence-corrected chi connectivity index (χ3v) is 7.10. The van der Waals surface area contributed by atoms with Gasteiger partial charge >= 0.3 is 5.97 Å². The Bertz CT molecular complexity index is 1470. The second kappa shape index (κ2) is 11.6. The summed E-state index contributed by atoms with van der Waals surface area (Å²) in [5.41, 5.74) is 2.34. The monoisotopic (exact) mass is 520 g/mol. The fraction of sp³-hybridized carbons (Fsp3) is 0.345. The summed E-state index contributed by atoms with van der Waals surface area (Å²) in [5, 5.41) is 0. The van der Waals surface area contributed by atoms with Crippen molar-refractivity contribution in [2.24, 2.45) is 4.99 Å². The minimum Gasteiger partial charge on any atom is -0.494 e. The van der Waals surface area contributed by atoms with E-state index in [0.717, 1.165) is 29.0 Å². The SMILES string of the molecule is CCOC(=O)C1=C(C)N=c2s/c(=C/c3ccc(O[C@@H](C)CC)cc3)c(=O)n2[C@@H]1c1ccc(OCC)cc1. The van der Waals surface area contributed by atoms with Crippen LogP contribution < -0.4 is 24.4 Å².